The van der Waals surface area contributed by atoms with Crippen molar-refractivity contribution in [2.45, 2.75) is 34.2 Å². The Kier molecular flexibility index (Phi) is 5.27. The van der Waals surface area contributed by atoms with E-state index in [-0.39, 0.29) is 5.91 Å². The predicted octanol–water partition coefficient (Wildman–Crippen LogP) is 5.21. The number of nitrogens with one attached hydrogen (secondary N) is 1. The Balaban J connectivity index is 1.61. The highest BCUT2D eigenvalue weighted by Crippen LogP contribution is 2.25. The molecule has 1 amide bonds. The number of para-hydroxylation sites is 1. The molecular formula is C25H26N4O. The van der Waals surface area contributed by atoms with E-state index in [0.717, 1.165) is 40.7 Å². The molecule has 0 radical (unpaired) electrons. The average molecular weight is 399 g/mol. The molecule has 0 saturated heterocycles. The van der Waals surface area contributed by atoms with Crippen molar-refractivity contribution in [2.24, 2.45) is 0 Å². The number of benzene rings is 2. The van der Waals surface area contributed by atoms with E-state index < -0.39 is 0 Å². The molecule has 4 aromatic rings. The Hall–Kier alpha value is -3.60. The standard InChI is InChI=1S/C25H26N4O/c1-17-15-23(19(3)28(17)16-21-11-7-5-8-12-21)25(30)26-24-18(2)27-29(20(24)4)22-13-9-6-10-14-22/h5-15H,16H2,1-4H3,(H,26,30). The third kappa shape index (κ3) is 3.66. The van der Waals surface area contributed by atoms with Crippen molar-refractivity contribution in [3.63, 3.8) is 0 Å². The van der Waals surface area contributed by atoms with Crippen molar-refractivity contribution in [1.82, 2.24) is 14.3 Å². The third-order valence-corrected chi connectivity index (χ3v) is 5.53. The molecule has 2 aromatic carbocycles. The van der Waals surface area contributed by atoms with Crippen LogP contribution in [-0.4, -0.2) is 20.3 Å². The Morgan fingerprint density at radius 2 is 1.53 bits per heavy atom. The number of aromatic nitrogens is 3. The molecule has 0 unspecified atom stereocenters. The van der Waals surface area contributed by atoms with Gasteiger partial charge in [0.05, 0.1) is 28.3 Å². The summed E-state index contributed by atoms with van der Waals surface area (Å²) in [6, 6.07) is 22.2. The van der Waals surface area contributed by atoms with Crippen LogP contribution in [0.5, 0.6) is 0 Å². The molecule has 152 valence electrons. The molecule has 4 rings (SSSR count). The largest absolute Gasteiger partial charge is 0.344 e. The molecule has 2 aromatic heterocycles. The monoisotopic (exact) mass is 398 g/mol. The fourth-order valence-electron chi connectivity index (χ4n) is 3.87. The average Bonchev–Trinajstić information content (AvgIpc) is 3.20. The second-order valence-electron chi connectivity index (χ2n) is 7.60. The van der Waals surface area contributed by atoms with Crippen molar-refractivity contribution in [2.75, 3.05) is 5.32 Å². The van der Waals surface area contributed by atoms with Crippen molar-refractivity contribution >= 4 is 11.6 Å². The molecule has 2 heterocycles. The van der Waals surface area contributed by atoms with Gasteiger partial charge >= 0.3 is 0 Å². The minimum absolute atomic E-state index is 0.110. The smallest absolute Gasteiger partial charge is 0.257 e. The molecule has 0 saturated carbocycles. The van der Waals surface area contributed by atoms with E-state index in [0.29, 0.717) is 5.56 Å². The van der Waals surface area contributed by atoms with Crippen LogP contribution >= 0.6 is 0 Å². The van der Waals surface area contributed by atoms with Gasteiger partial charge < -0.3 is 9.88 Å². The molecule has 5 nitrogen and oxygen atoms in total. The van der Waals surface area contributed by atoms with E-state index in [4.69, 9.17) is 0 Å². The normalized spacial score (nSPS) is 10.9. The van der Waals surface area contributed by atoms with Gasteiger partial charge in [-0.15, -0.1) is 0 Å². The zero-order valence-electron chi connectivity index (χ0n) is 17.8. The molecule has 1 N–H and O–H groups in total. The summed E-state index contributed by atoms with van der Waals surface area (Å²) in [6.07, 6.45) is 0. The van der Waals surface area contributed by atoms with Gasteiger partial charge in [-0.3, -0.25) is 4.79 Å². The first kappa shape index (κ1) is 19.7. The summed E-state index contributed by atoms with van der Waals surface area (Å²) in [4.78, 5) is 13.1. The molecular weight excluding hydrogens is 372 g/mol. The Morgan fingerprint density at radius 1 is 0.900 bits per heavy atom. The van der Waals surface area contributed by atoms with E-state index >= 15 is 0 Å². The van der Waals surface area contributed by atoms with Gasteiger partial charge in [-0.05, 0) is 51.5 Å². The summed E-state index contributed by atoms with van der Waals surface area (Å²) in [7, 11) is 0. The summed E-state index contributed by atoms with van der Waals surface area (Å²) < 4.78 is 4.04. The fourth-order valence-corrected chi connectivity index (χ4v) is 3.87. The number of carbonyl (C=O) groups excluding carboxylic acids is 1. The van der Waals surface area contributed by atoms with Gasteiger partial charge in [0.25, 0.3) is 5.91 Å². The summed E-state index contributed by atoms with van der Waals surface area (Å²) in [5, 5.41) is 7.72. The molecule has 0 aliphatic heterocycles. The summed E-state index contributed by atoms with van der Waals surface area (Å²) in [5.41, 5.74) is 7.36. The van der Waals surface area contributed by atoms with Crippen molar-refractivity contribution in [3.8, 4) is 5.69 Å². The van der Waals surface area contributed by atoms with Gasteiger partial charge in [0.2, 0.25) is 0 Å². The van der Waals surface area contributed by atoms with Crippen LogP contribution < -0.4 is 5.32 Å². The Bertz CT molecular complexity index is 1190. The lowest BCUT2D eigenvalue weighted by Gasteiger charge is -2.10. The van der Waals surface area contributed by atoms with E-state index in [2.05, 4.69) is 27.1 Å². The Morgan fingerprint density at radius 3 is 2.20 bits per heavy atom. The maximum atomic E-state index is 13.1. The van der Waals surface area contributed by atoms with Gasteiger partial charge in [0.1, 0.15) is 0 Å². The molecule has 0 spiro atoms. The van der Waals surface area contributed by atoms with E-state index in [1.54, 1.807) is 0 Å². The van der Waals surface area contributed by atoms with Crippen LogP contribution in [0.25, 0.3) is 5.69 Å². The number of anilines is 1. The van der Waals surface area contributed by atoms with Crippen LogP contribution in [0.3, 0.4) is 0 Å². The Labute approximate surface area is 177 Å². The predicted molar refractivity (Wildman–Crippen MR) is 120 cm³/mol. The molecule has 5 heteroatoms. The number of aryl methyl sites for hydroxylation is 2. The van der Waals surface area contributed by atoms with Gasteiger partial charge in [-0.1, -0.05) is 48.5 Å². The summed E-state index contributed by atoms with van der Waals surface area (Å²) >= 11 is 0. The number of hydrogen-bond acceptors (Lipinski definition) is 2. The van der Waals surface area contributed by atoms with Gasteiger partial charge in [-0.2, -0.15) is 5.10 Å². The van der Waals surface area contributed by atoms with Crippen LogP contribution in [-0.2, 0) is 6.54 Å². The van der Waals surface area contributed by atoms with Crippen LogP contribution in [0, 0.1) is 27.7 Å². The van der Waals surface area contributed by atoms with Gasteiger partial charge in [-0.25, -0.2) is 4.68 Å². The van der Waals surface area contributed by atoms with Gasteiger partial charge in [0, 0.05) is 17.9 Å². The number of amides is 1. The summed E-state index contributed by atoms with van der Waals surface area (Å²) in [5.74, 6) is -0.110. The second kappa shape index (κ2) is 8.03. The topological polar surface area (TPSA) is 51.9 Å². The lowest BCUT2D eigenvalue weighted by Crippen LogP contribution is -2.14. The van der Waals surface area contributed by atoms with Crippen molar-refractivity contribution in [1.29, 1.82) is 0 Å². The van der Waals surface area contributed by atoms with E-state index in [9.17, 15) is 4.79 Å². The van der Waals surface area contributed by atoms with Crippen LogP contribution in [0.1, 0.15) is 38.7 Å². The number of hydrogen-bond donors (Lipinski definition) is 1. The molecule has 0 fully saturated rings. The quantitative estimate of drug-likeness (QED) is 0.502. The molecule has 0 aliphatic carbocycles. The minimum Gasteiger partial charge on any atom is -0.344 e. The highest BCUT2D eigenvalue weighted by atomic mass is 16.1. The lowest BCUT2D eigenvalue weighted by molar-refractivity contribution is 0.102. The minimum atomic E-state index is -0.110. The first-order chi connectivity index (χ1) is 14.5. The highest BCUT2D eigenvalue weighted by Gasteiger charge is 2.20. The van der Waals surface area contributed by atoms with E-state index in [1.807, 2.05) is 87.0 Å². The van der Waals surface area contributed by atoms with Crippen LogP contribution in [0.4, 0.5) is 5.69 Å². The third-order valence-electron chi connectivity index (χ3n) is 5.53. The fraction of sp³-hybridized carbons (Fsp3) is 0.200. The maximum Gasteiger partial charge on any atom is 0.257 e. The SMILES string of the molecule is Cc1nn(-c2ccccc2)c(C)c1NC(=O)c1cc(C)n(Cc2ccccc2)c1C. The first-order valence-corrected chi connectivity index (χ1v) is 10.1. The number of rotatable bonds is 5. The highest BCUT2D eigenvalue weighted by molar-refractivity contribution is 6.06. The molecule has 30 heavy (non-hydrogen) atoms. The van der Waals surface area contributed by atoms with Crippen molar-refractivity contribution < 1.29 is 4.79 Å². The van der Waals surface area contributed by atoms with E-state index in [1.165, 1.54) is 5.56 Å². The summed E-state index contributed by atoms with van der Waals surface area (Å²) in [6.45, 7) is 8.67. The van der Waals surface area contributed by atoms with Crippen LogP contribution in [0.15, 0.2) is 66.7 Å². The lowest BCUT2D eigenvalue weighted by atomic mass is 10.2. The maximum absolute atomic E-state index is 13.1. The first-order valence-electron chi connectivity index (χ1n) is 10.1. The zero-order valence-corrected chi connectivity index (χ0v) is 17.8. The van der Waals surface area contributed by atoms with Gasteiger partial charge in [0.15, 0.2) is 0 Å². The molecule has 0 aliphatic rings. The van der Waals surface area contributed by atoms with Crippen molar-refractivity contribution in [3.05, 3.63) is 101 Å². The number of carbonyl (C=O) groups is 1. The van der Waals surface area contributed by atoms with Crippen LogP contribution in [0.2, 0.25) is 0 Å². The molecule has 0 atom stereocenters. The number of nitrogens with zero attached hydrogens (tertiary/aromatic N) is 3. The zero-order chi connectivity index (χ0) is 21.3. The molecule has 0 bridgehead atoms. The second-order valence-corrected chi connectivity index (χ2v) is 7.60.